The maximum absolute atomic E-state index is 13.3. The molecule has 0 aliphatic carbocycles. The smallest absolute Gasteiger partial charge is 0.375 e. The second-order valence-electron chi connectivity index (χ2n) is 9.03. The van der Waals surface area contributed by atoms with Crippen LogP contribution in [0.3, 0.4) is 0 Å². The lowest BCUT2D eigenvalue weighted by atomic mass is 9.96. The number of carbonyl (C=O) groups is 3. The van der Waals surface area contributed by atoms with Crippen molar-refractivity contribution >= 4 is 17.8 Å². The predicted molar refractivity (Wildman–Crippen MR) is 128 cm³/mol. The molecule has 0 saturated carbocycles. The molecule has 0 unspecified atom stereocenters. The van der Waals surface area contributed by atoms with E-state index in [-0.39, 0.29) is 11.8 Å². The Hall–Kier alpha value is -3.85. The summed E-state index contributed by atoms with van der Waals surface area (Å²) in [5.41, 5.74) is 0.736. The maximum Gasteiger partial charge on any atom is 0.375 e. The Morgan fingerprint density at radius 3 is 2.36 bits per heavy atom. The summed E-state index contributed by atoms with van der Waals surface area (Å²) in [5.74, 6) is -1.99. The van der Waals surface area contributed by atoms with Gasteiger partial charge in [-0.1, -0.05) is 18.2 Å². The van der Waals surface area contributed by atoms with Crippen LogP contribution >= 0.6 is 0 Å². The van der Waals surface area contributed by atoms with Crippen LogP contribution in [0.15, 0.2) is 60.7 Å². The molecule has 0 atom stereocenters. The first-order valence-corrected chi connectivity index (χ1v) is 12.0. The second kappa shape index (κ2) is 10.0. The summed E-state index contributed by atoms with van der Waals surface area (Å²) in [4.78, 5) is 41.7. The van der Waals surface area contributed by atoms with Crippen LogP contribution in [0.25, 0.3) is 0 Å². The van der Waals surface area contributed by atoms with Crippen LogP contribution < -0.4 is 9.47 Å². The molecular weight excluding hydrogens is 464 g/mol. The Kier molecular flexibility index (Phi) is 6.65. The first-order valence-electron chi connectivity index (χ1n) is 12.0. The van der Waals surface area contributed by atoms with Gasteiger partial charge in [-0.05, 0) is 56.1 Å². The first-order chi connectivity index (χ1) is 17.5. The standard InChI is InChI=1S/C27H28N2O7/c1-33-20-5-4-6-21(17-20)34-16-15-28-13-11-19(12-14-28)18-29-26(32)22-7-2-3-8-23(22)27(29)35-24(30)9-10-25(31)36-27/h2-10,17,19H,11-16,18H2,1H3. The third-order valence-corrected chi connectivity index (χ3v) is 6.80. The van der Waals surface area contributed by atoms with E-state index in [1.165, 1.54) is 4.90 Å². The van der Waals surface area contributed by atoms with Gasteiger partial charge >= 0.3 is 17.8 Å². The van der Waals surface area contributed by atoms with Gasteiger partial charge in [-0.2, -0.15) is 0 Å². The minimum absolute atomic E-state index is 0.157. The van der Waals surface area contributed by atoms with Crippen LogP contribution in [0.4, 0.5) is 0 Å². The molecule has 188 valence electrons. The van der Waals surface area contributed by atoms with Crippen molar-refractivity contribution in [3.63, 3.8) is 0 Å². The lowest BCUT2D eigenvalue weighted by molar-refractivity contribution is -0.275. The fourth-order valence-corrected chi connectivity index (χ4v) is 4.92. The largest absolute Gasteiger partial charge is 0.497 e. The molecular formula is C27H28N2O7. The number of ether oxygens (including phenoxy) is 4. The molecule has 3 aliphatic rings. The van der Waals surface area contributed by atoms with Gasteiger partial charge in [-0.25, -0.2) is 9.59 Å². The van der Waals surface area contributed by atoms with Crippen LogP contribution in [0.1, 0.15) is 28.8 Å². The van der Waals surface area contributed by atoms with Crippen molar-refractivity contribution in [3.8, 4) is 11.5 Å². The molecule has 2 aromatic carbocycles. The number of piperidine rings is 1. The van der Waals surface area contributed by atoms with E-state index in [1.807, 2.05) is 24.3 Å². The lowest BCUT2D eigenvalue weighted by Gasteiger charge is -2.39. The number of carbonyl (C=O) groups excluding carboxylic acids is 3. The summed E-state index contributed by atoms with van der Waals surface area (Å²) < 4.78 is 22.3. The topological polar surface area (TPSA) is 94.6 Å². The van der Waals surface area contributed by atoms with Crippen LogP contribution in [-0.2, 0) is 25.0 Å². The molecule has 36 heavy (non-hydrogen) atoms. The predicted octanol–water partition coefficient (Wildman–Crippen LogP) is 2.71. The molecule has 9 nitrogen and oxygen atoms in total. The van der Waals surface area contributed by atoms with E-state index >= 15 is 0 Å². The summed E-state index contributed by atoms with van der Waals surface area (Å²) >= 11 is 0. The Balaban J connectivity index is 1.21. The van der Waals surface area contributed by atoms with E-state index in [0.717, 1.165) is 56.1 Å². The van der Waals surface area contributed by atoms with Crippen LogP contribution in [0.5, 0.6) is 11.5 Å². The monoisotopic (exact) mass is 492 g/mol. The highest BCUT2D eigenvalue weighted by molar-refractivity contribution is 6.01. The van der Waals surface area contributed by atoms with Gasteiger partial charge in [0, 0.05) is 31.3 Å². The Morgan fingerprint density at radius 1 is 0.944 bits per heavy atom. The number of amides is 1. The van der Waals surface area contributed by atoms with Gasteiger partial charge in [0.1, 0.15) is 18.1 Å². The highest BCUT2D eigenvalue weighted by Gasteiger charge is 2.57. The fourth-order valence-electron chi connectivity index (χ4n) is 4.92. The van der Waals surface area contributed by atoms with Gasteiger partial charge < -0.3 is 18.9 Å². The number of rotatable bonds is 7. The van der Waals surface area contributed by atoms with E-state index < -0.39 is 17.8 Å². The van der Waals surface area contributed by atoms with Gasteiger partial charge in [-0.3, -0.25) is 14.6 Å². The maximum atomic E-state index is 13.3. The van der Waals surface area contributed by atoms with Crippen molar-refractivity contribution in [1.82, 2.24) is 9.80 Å². The summed E-state index contributed by atoms with van der Waals surface area (Å²) in [6.45, 7) is 3.33. The zero-order valence-corrected chi connectivity index (χ0v) is 20.1. The average Bonchev–Trinajstić information content (AvgIpc) is 3.00. The van der Waals surface area contributed by atoms with Crippen molar-refractivity contribution < 1.29 is 33.3 Å². The number of hydrogen-bond donors (Lipinski definition) is 0. The van der Waals surface area contributed by atoms with Crippen molar-refractivity contribution in [2.45, 2.75) is 18.8 Å². The molecule has 9 heteroatoms. The van der Waals surface area contributed by atoms with Crippen molar-refractivity contribution in [1.29, 1.82) is 0 Å². The van der Waals surface area contributed by atoms with Crippen molar-refractivity contribution in [3.05, 3.63) is 71.8 Å². The molecule has 3 heterocycles. The highest BCUT2D eigenvalue weighted by atomic mass is 16.8. The molecule has 1 saturated heterocycles. The quantitative estimate of drug-likeness (QED) is 0.545. The zero-order chi connectivity index (χ0) is 25.1. The summed E-state index contributed by atoms with van der Waals surface area (Å²) in [6.07, 6.45) is 3.73. The average molecular weight is 493 g/mol. The van der Waals surface area contributed by atoms with Gasteiger partial charge in [-0.15, -0.1) is 0 Å². The SMILES string of the molecule is COc1cccc(OCCN2CCC(CN3C(=O)c4ccccc4C34OC(=O)C=CC(=O)O4)CC2)c1. The van der Waals surface area contributed by atoms with Gasteiger partial charge in [0.25, 0.3) is 5.91 Å². The number of esters is 2. The Morgan fingerprint density at radius 2 is 1.64 bits per heavy atom. The minimum Gasteiger partial charge on any atom is -0.497 e. The van der Waals surface area contributed by atoms with Crippen molar-refractivity contribution in [2.24, 2.45) is 5.92 Å². The van der Waals surface area contributed by atoms with Crippen LogP contribution in [-0.4, -0.2) is 67.5 Å². The normalized spacial score (nSPS) is 19.6. The van der Waals surface area contributed by atoms with E-state index in [1.54, 1.807) is 31.4 Å². The Bertz CT molecular complexity index is 1170. The Labute approximate surface area is 209 Å². The number of nitrogens with zero attached hydrogens (tertiary/aromatic N) is 2. The van der Waals surface area contributed by atoms with E-state index in [9.17, 15) is 14.4 Å². The van der Waals surface area contributed by atoms with Gasteiger partial charge in [0.15, 0.2) is 0 Å². The van der Waals surface area contributed by atoms with E-state index in [0.29, 0.717) is 24.3 Å². The molecule has 1 spiro atoms. The molecule has 0 aromatic heterocycles. The van der Waals surface area contributed by atoms with Gasteiger partial charge in [0.2, 0.25) is 0 Å². The second-order valence-corrected chi connectivity index (χ2v) is 9.03. The highest BCUT2D eigenvalue weighted by Crippen LogP contribution is 2.43. The fraction of sp³-hybridized carbons (Fsp3) is 0.370. The molecule has 1 fully saturated rings. The number of likely N-dealkylation sites (tertiary alicyclic amines) is 1. The van der Waals surface area contributed by atoms with Crippen molar-refractivity contribution in [2.75, 3.05) is 39.9 Å². The number of hydrogen-bond acceptors (Lipinski definition) is 8. The molecule has 1 amide bonds. The third kappa shape index (κ3) is 4.66. The molecule has 0 radical (unpaired) electrons. The molecule has 2 aromatic rings. The first kappa shape index (κ1) is 23.9. The summed E-state index contributed by atoms with van der Waals surface area (Å²) in [7, 11) is 1.63. The molecule has 0 N–H and O–H groups in total. The van der Waals surface area contributed by atoms with Crippen LogP contribution in [0, 0.1) is 5.92 Å². The molecule has 3 aliphatic heterocycles. The molecule has 0 bridgehead atoms. The van der Waals surface area contributed by atoms with Crippen LogP contribution in [0.2, 0.25) is 0 Å². The number of benzene rings is 2. The zero-order valence-electron chi connectivity index (χ0n) is 20.1. The number of fused-ring (bicyclic) bond motifs is 2. The third-order valence-electron chi connectivity index (χ3n) is 6.80. The summed E-state index contributed by atoms with van der Waals surface area (Å²) in [6, 6.07) is 14.3. The lowest BCUT2D eigenvalue weighted by Crippen LogP contribution is -2.52. The van der Waals surface area contributed by atoms with E-state index in [4.69, 9.17) is 18.9 Å². The summed E-state index contributed by atoms with van der Waals surface area (Å²) in [5, 5.41) is 0. The van der Waals surface area contributed by atoms with E-state index in [2.05, 4.69) is 4.90 Å². The minimum atomic E-state index is -1.88. The molecule has 5 rings (SSSR count). The van der Waals surface area contributed by atoms with Gasteiger partial charge in [0.05, 0.1) is 18.2 Å². The number of methoxy groups -OCH3 is 1.